The summed E-state index contributed by atoms with van der Waals surface area (Å²) < 4.78 is 0. The third-order valence-electron chi connectivity index (χ3n) is 0.167. The molecule has 17 heteroatoms. The van der Waals surface area contributed by atoms with Crippen LogP contribution < -0.4 is 50.4 Å². The second kappa shape index (κ2) is 43.9. The van der Waals surface area contributed by atoms with Crippen LogP contribution in [-0.4, -0.2) is 0 Å². The van der Waals surface area contributed by atoms with Gasteiger partial charge in [0, 0.05) is 0 Å². The Kier molecular flexibility index (Phi) is 78.8. The molecule has 0 aromatic carbocycles. The standard InChI is InChI=1S/Li.3H2O5.V/c;3*1-3-5-4-2;/h;3*1-2H;/q+1;;;;+5/p-6. The topological polar surface area (TPSA) is 221 Å². The van der Waals surface area contributed by atoms with Crippen LogP contribution in [0, 0.1) is 0 Å². The molecule has 0 bridgehead atoms. The minimum Gasteiger partial charge on any atom is -0.690 e. The van der Waals surface area contributed by atoms with Gasteiger partial charge in [-0.1, -0.05) is 15.1 Å². The SMILES string of the molecule is [Li+].[O-]OOO[O-].[O-]OOO[O-].[O-]OOO[O-].[V+5]. The molecule has 0 amide bonds. The summed E-state index contributed by atoms with van der Waals surface area (Å²) in [4.78, 5) is 0. The maximum Gasteiger partial charge on any atom is 5.00 e. The van der Waals surface area contributed by atoms with E-state index >= 15 is 0 Å². The maximum atomic E-state index is 8.48. The first-order valence-corrected chi connectivity index (χ1v) is 2.00. The molecule has 0 atom stereocenters. The van der Waals surface area contributed by atoms with Gasteiger partial charge in [0.2, 0.25) is 0 Å². The Morgan fingerprint density at radius 1 is 0.412 bits per heavy atom. The number of hydrogen-bond acceptors (Lipinski definition) is 15. The predicted molar refractivity (Wildman–Crippen MR) is 9.77 cm³/mol. The van der Waals surface area contributed by atoms with Gasteiger partial charge in [0.25, 0.3) is 0 Å². The van der Waals surface area contributed by atoms with Crippen molar-refractivity contribution in [2.45, 2.75) is 0 Å². The first-order chi connectivity index (χ1) is 7.24. The van der Waals surface area contributed by atoms with E-state index in [0.717, 1.165) is 0 Å². The molecule has 0 unspecified atom stereocenters. The van der Waals surface area contributed by atoms with Gasteiger partial charge in [-0.15, -0.1) is 0 Å². The average molecular weight is 298 g/mol. The second-order valence-corrected chi connectivity index (χ2v) is 0.612. The van der Waals surface area contributed by atoms with Crippen LogP contribution in [-0.2, 0) is 63.9 Å². The first-order valence-electron chi connectivity index (χ1n) is 2.00. The fraction of sp³-hybridized carbons (Fsp3) is 0. The Hall–Kier alpha value is 0.582. The molecule has 0 aromatic rings. The number of rotatable bonds is 6. The van der Waals surface area contributed by atoms with Crippen molar-refractivity contribution in [1.82, 2.24) is 0 Å². The third kappa shape index (κ3) is 81.4. The van der Waals surface area contributed by atoms with Gasteiger partial charge >= 0.3 is 37.4 Å². The van der Waals surface area contributed by atoms with E-state index in [9.17, 15) is 0 Å². The van der Waals surface area contributed by atoms with Crippen molar-refractivity contribution in [2.75, 3.05) is 0 Å². The summed E-state index contributed by atoms with van der Waals surface area (Å²) in [6.07, 6.45) is 0. The minimum absolute atomic E-state index is 0. The normalized spacial score (nSPS) is 7.41. The number of hydrogen-bond donors (Lipinski definition) is 0. The van der Waals surface area contributed by atoms with Gasteiger partial charge in [-0.25, -0.2) is 0 Å². The summed E-state index contributed by atoms with van der Waals surface area (Å²) in [6, 6.07) is 0. The van der Waals surface area contributed by atoms with E-state index in [0.29, 0.717) is 0 Å². The van der Waals surface area contributed by atoms with Crippen molar-refractivity contribution in [2.24, 2.45) is 0 Å². The summed E-state index contributed by atoms with van der Waals surface area (Å²) in [5.74, 6) is 0. The van der Waals surface area contributed by atoms with Crippen LogP contribution in [0.25, 0.3) is 0 Å². The maximum absolute atomic E-state index is 8.48. The average Bonchev–Trinajstić information content (AvgIpc) is 2.23. The Morgan fingerprint density at radius 2 is 0.529 bits per heavy atom. The molecular formula is LiO15V. The molecule has 15 nitrogen and oxygen atoms in total. The molecule has 0 saturated carbocycles. The van der Waals surface area contributed by atoms with Crippen LogP contribution in [0.3, 0.4) is 0 Å². The Morgan fingerprint density at radius 3 is 0.529 bits per heavy atom. The van der Waals surface area contributed by atoms with Gasteiger partial charge in [0.05, 0.1) is 0 Å². The molecule has 0 aliphatic heterocycles. The smallest absolute Gasteiger partial charge is 0.690 e. The van der Waals surface area contributed by atoms with Crippen molar-refractivity contribution in [3.63, 3.8) is 0 Å². The third-order valence-corrected chi connectivity index (χ3v) is 0.167. The first kappa shape index (κ1) is 30.5. The van der Waals surface area contributed by atoms with E-state index in [4.69, 9.17) is 31.5 Å². The molecule has 0 heterocycles. The van der Waals surface area contributed by atoms with Crippen molar-refractivity contribution in [1.29, 1.82) is 0 Å². The molecule has 0 N–H and O–H groups in total. The zero-order valence-electron chi connectivity index (χ0n) is 7.57. The molecule has 0 fully saturated rings. The van der Waals surface area contributed by atoms with E-state index in [1.54, 1.807) is 0 Å². The molecule has 0 aliphatic carbocycles. The zero-order chi connectivity index (χ0) is 12.4. The molecule has 96 valence electrons. The second-order valence-electron chi connectivity index (χ2n) is 0.612. The summed E-state index contributed by atoms with van der Waals surface area (Å²) >= 11 is 0. The molecular weight excluding hydrogens is 298 g/mol. The Bertz CT molecular complexity index is 47.7. The van der Waals surface area contributed by atoms with Crippen LogP contribution in [0.2, 0.25) is 0 Å². The molecule has 17 heavy (non-hydrogen) atoms. The molecule has 0 saturated heterocycles. The monoisotopic (exact) mass is 298 g/mol. The van der Waals surface area contributed by atoms with Crippen molar-refractivity contribution in [3.8, 4) is 0 Å². The van der Waals surface area contributed by atoms with Gasteiger partial charge < -0.3 is 31.5 Å². The van der Waals surface area contributed by atoms with Crippen molar-refractivity contribution in [3.05, 3.63) is 0 Å². The quantitative estimate of drug-likeness (QED) is 0.252. The fourth-order valence-electron chi connectivity index (χ4n) is 0.0340. The van der Waals surface area contributed by atoms with E-state index in [1.807, 2.05) is 0 Å². The van der Waals surface area contributed by atoms with Crippen LogP contribution in [0.4, 0.5) is 0 Å². The Labute approximate surface area is 115 Å². The Balaban J connectivity index is -0.0000000400. The van der Waals surface area contributed by atoms with Crippen LogP contribution in [0.5, 0.6) is 0 Å². The van der Waals surface area contributed by atoms with E-state index < -0.39 is 0 Å². The fourth-order valence-corrected chi connectivity index (χ4v) is 0.0340. The molecule has 0 radical (unpaired) electrons. The molecule has 0 rings (SSSR count). The molecule has 0 aromatic heterocycles. The van der Waals surface area contributed by atoms with E-state index in [1.165, 1.54) is 0 Å². The van der Waals surface area contributed by atoms with Gasteiger partial charge in [0.15, 0.2) is 0 Å². The van der Waals surface area contributed by atoms with E-state index in [-0.39, 0.29) is 37.4 Å². The molecule has 0 spiro atoms. The summed E-state index contributed by atoms with van der Waals surface area (Å²) in [7, 11) is 0. The van der Waals surface area contributed by atoms with Crippen molar-refractivity contribution >= 4 is 0 Å². The summed E-state index contributed by atoms with van der Waals surface area (Å²) in [6.45, 7) is 0. The predicted octanol–water partition coefficient (Wildman–Crippen LogP) is -10.7. The van der Waals surface area contributed by atoms with Gasteiger partial charge in [-0.3, -0.25) is 30.2 Å². The van der Waals surface area contributed by atoms with E-state index in [2.05, 4.69) is 45.3 Å². The van der Waals surface area contributed by atoms with Crippen molar-refractivity contribution < 1.29 is 114 Å². The largest absolute Gasteiger partial charge is 5.00 e. The minimum atomic E-state index is 0. The zero-order valence-corrected chi connectivity index (χ0v) is 8.97. The van der Waals surface area contributed by atoms with Gasteiger partial charge in [-0.05, 0) is 0 Å². The van der Waals surface area contributed by atoms with Gasteiger partial charge in [0.1, 0.15) is 0 Å². The van der Waals surface area contributed by atoms with Crippen LogP contribution in [0.15, 0.2) is 0 Å². The molecule has 0 aliphatic rings. The van der Waals surface area contributed by atoms with Crippen LogP contribution in [0.1, 0.15) is 0 Å². The summed E-state index contributed by atoms with van der Waals surface area (Å²) in [5, 5.41) is 73.5. The van der Waals surface area contributed by atoms with Crippen LogP contribution >= 0.6 is 0 Å². The van der Waals surface area contributed by atoms with Gasteiger partial charge in [-0.2, -0.15) is 0 Å². The summed E-state index contributed by atoms with van der Waals surface area (Å²) in [5.41, 5.74) is 0.